The van der Waals surface area contributed by atoms with E-state index in [-0.39, 0.29) is 5.91 Å². The molecule has 3 rings (SSSR count). The summed E-state index contributed by atoms with van der Waals surface area (Å²) in [6.07, 6.45) is 4.33. The summed E-state index contributed by atoms with van der Waals surface area (Å²) in [5.74, 6) is -0.104. The average molecular weight is 392 g/mol. The number of carbonyl (C=O) groups is 1. The minimum atomic E-state index is -0.104. The maximum absolute atomic E-state index is 12.3. The molecule has 136 valence electrons. The van der Waals surface area contributed by atoms with Gasteiger partial charge in [-0.2, -0.15) is 10.2 Å². The molecule has 0 aliphatic carbocycles. The van der Waals surface area contributed by atoms with Crippen LogP contribution in [-0.4, -0.2) is 32.0 Å². The van der Waals surface area contributed by atoms with E-state index in [2.05, 4.69) is 15.5 Å². The predicted molar refractivity (Wildman–Crippen MR) is 102 cm³/mol. The quantitative estimate of drug-likeness (QED) is 0.626. The summed E-state index contributed by atoms with van der Waals surface area (Å²) >= 11 is 12.1. The molecule has 0 fully saturated rings. The summed E-state index contributed by atoms with van der Waals surface area (Å²) in [6, 6.07) is 9.41. The topological polar surface area (TPSA) is 64.7 Å². The van der Waals surface area contributed by atoms with Crippen molar-refractivity contribution in [2.45, 2.75) is 26.4 Å². The Morgan fingerprint density at radius 2 is 2.12 bits per heavy atom. The van der Waals surface area contributed by atoms with Gasteiger partial charge in [0, 0.05) is 31.0 Å². The molecule has 2 aromatic heterocycles. The Morgan fingerprint density at radius 3 is 2.81 bits per heavy atom. The first-order valence-corrected chi connectivity index (χ1v) is 9.03. The van der Waals surface area contributed by atoms with Crippen LogP contribution in [0.25, 0.3) is 0 Å². The van der Waals surface area contributed by atoms with Gasteiger partial charge in [-0.3, -0.25) is 14.2 Å². The van der Waals surface area contributed by atoms with Gasteiger partial charge < -0.3 is 5.32 Å². The maximum atomic E-state index is 12.3. The Hall–Kier alpha value is -2.31. The molecule has 1 amide bonds. The Kier molecular flexibility index (Phi) is 5.96. The molecule has 0 bridgehead atoms. The van der Waals surface area contributed by atoms with Crippen molar-refractivity contribution in [3.63, 3.8) is 0 Å². The Morgan fingerprint density at radius 1 is 1.27 bits per heavy atom. The predicted octanol–water partition coefficient (Wildman–Crippen LogP) is 3.56. The number of aromatic nitrogens is 4. The Labute approximate surface area is 161 Å². The highest BCUT2D eigenvalue weighted by molar-refractivity contribution is 6.41. The first kappa shape index (κ1) is 18.5. The van der Waals surface area contributed by atoms with Crippen LogP contribution in [0.2, 0.25) is 10.2 Å². The molecule has 1 N–H and O–H groups in total. The highest BCUT2D eigenvalue weighted by atomic mass is 35.5. The number of aryl methyl sites for hydroxylation is 2. The van der Waals surface area contributed by atoms with E-state index in [1.807, 2.05) is 42.1 Å². The second-order valence-corrected chi connectivity index (χ2v) is 6.66. The number of benzene rings is 1. The molecule has 0 saturated heterocycles. The second kappa shape index (κ2) is 8.38. The number of amides is 1. The van der Waals surface area contributed by atoms with Crippen LogP contribution in [0.15, 0.2) is 42.7 Å². The van der Waals surface area contributed by atoms with E-state index in [4.69, 9.17) is 23.2 Å². The average Bonchev–Trinajstić information content (AvgIpc) is 3.23. The van der Waals surface area contributed by atoms with E-state index >= 15 is 0 Å². The fourth-order valence-corrected chi connectivity index (χ4v) is 3.00. The van der Waals surface area contributed by atoms with Gasteiger partial charge in [0.05, 0.1) is 12.2 Å². The van der Waals surface area contributed by atoms with E-state index in [9.17, 15) is 4.79 Å². The van der Waals surface area contributed by atoms with Crippen LogP contribution >= 0.6 is 23.2 Å². The molecule has 0 radical (unpaired) electrons. The van der Waals surface area contributed by atoms with Crippen LogP contribution in [0.4, 0.5) is 0 Å². The summed E-state index contributed by atoms with van der Waals surface area (Å²) < 4.78 is 3.47. The van der Waals surface area contributed by atoms with Crippen molar-refractivity contribution in [3.8, 4) is 0 Å². The Bertz CT molecular complexity index is 889. The lowest BCUT2D eigenvalue weighted by Crippen LogP contribution is -2.25. The molecule has 3 aromatic rings. The fourth-order valence-electron chi connectivity index (χ4n) is 2.60. The molecule has 2 heterocycles. The number of rotatable bonds is 7. The van der Waals surface area contributed by atoms with Crippen LogP contribution < -0.4 is 5.32 Å². The molecule has 0 saturated carbocycles. The van der Waals surface area contributed by atoms with Gasteiger partial charge in [-0.15, -0.1) is 0 Å². The second-order valence-electron chi connectivity index (χ2n) is 5.93. The number of nitrogens with one attached hydrogen (secondary N) is 1. The highest BCUT2D eigenvalue weighted by Crippen LogP contribution is 2.24. The van der Waals surface area contributed by atoms with Crippen LogP contribution in [0, 0.1) is 6.92 Å². The number of halogens is 2. The molecular weight excluding hydrogens is 373 g/mol. The summed E-state index contributed by atoms with van der Waals surface area (Å²) in [4.78, 5) is 12.3. The SMILES string of the molecule is Cc1nn(CCCNC(=O)c2cccc(Cn3cccn3)c2)c(Cl)c1Cl. The molecule has 8 heteroatoms. The van der Waals surface area contributed by atoms with Crippen molar-refractivity contribution in [3.05, 3.63) is 69.7 Å². The van der Waals surface area contributed by atoms with Gasteiger partial charge in [0.15, 0.2) is 0 Å². The zero-order chi connectivity index (χ0) is 18.5. The van der Waals surface area contributed by atoms with E-state index in [1.165, 1.54) is 0 Å². The van der Waals surface area contributed by atoms with Crippen molar-refractivity contribution >= 4 is 29.1 Å². The highest BCUT2D eigenvalue weighted by Gasteiger charge is 2.11. The van der Waals surface area contributed by atoms with Crippen molar-refractivity contribution in [2.75, 3.05) is 6.54 Å². The fraction of sp³-hybridized carbons (Fsp3) is 0.278. The van der Waals surface area contributed by atoms with Crippen molar-refractivity contribution in [1.29, 1.82) is 0 Å². The van der Waals surface area contributed by atoms with E-state index in [0.29, 0.717) is 47.5 Å². The van der Waals surface area contributed by atoms with Crippen molar-refractivity contribution in [1.82, 2.24) is 24.9 Å². The molecule has 0 atom stereocenters. The lowest BCUT2D eigenvalue weighted by atomic mass is 10.1. The first-order chi connectivity index (χ1) is 12.5. The Balaban J connectivity index is 1.51. The van der Waals surface area contributed by atoms with Gasteiger partial charge in [0.1, 0.15) is 10.2 Å². The first-order valence-electron chi connectivity index (χ1n) is 8.27. The molecule has 1 aromatic carbocycles. The lowest BCUT2D eigenvalue weighted by Gasteiger charge is -2.08. The summed E-state index contributed by atoms with van der Waals surface area (Å²) in [7, 11) is 0. The van der Waals surface area contributed by atoms with Crippen LogP contribution in [0.1, 0.15) is 28.0 Å². The molecule has 6 nitrogen and oxygen atoms in total. The zero-order valence-electron chi connectivity index (χ0n) is 14.3. The van der Waals surface area contributed by atoms with Gasteiger partial charge in [0.25, 0.3) is 5.91 Å². The standard InChI is InChI=1S/C18H19Cl2N5O/c1-13-16(19)17(20)25(23-13)10-3-7-21-18(26)15-6-2-5-14(11-15)12-24-9-4-8-22-24/h2,4-6,8-9,11H,3,7,10,12H2,1H3,(H,21,26). The van der Waals surface area contributed by atoms with E-state index in [1.54, 1.807) is 16.9 Å². The maximum Gasteiger partial charge on any atom is 0.251 e. The molecule has 26 heavy (non-hydrogen) atoms. The molecule has 0 unspecified atom stereocenters. The van der Waals surface area contributed by atoms with Gasteiger partial charge in [-0.1, -0.05) is 35.3 Å². The molecule has 0 spiro atoms. The van der Waals surface area contributed by atoms with Gasteiger partial charge >= 0.3 is 0 Å². The third kappa shape index (κ3) is 4.45. The summed E-state index contributed by atoms with van der Waals surface area (Å²) in [6.45, 7) is 3.55. The van der Waals surface area contributed by atoms with Crippen molar-refractivity contribution in [2.24, 2.45) is 0 Å². The van der Waals surface area contributed by atoms with Gasteiger partial charge in [-0.25, -0.2) is 0 Å². The third-order valence-electron chi connectivity index (χ3n) is 3.92. The zero-order valence-corrected chi connectivity index (χ0v) is 15.8. The van der Waals surface area contributed by atoms with Crippen molar-refractivity contribution < 1.29 is 4.79 Å². The number of nitrogens with zero attached hydrogens (tertiary/aromatic N) is 4. The monoisotopic (exact) mass is 391 g/mol. The van der Waals surface area contributed by atoms with E-state index < -0.39 is 0 Å². The van der Waals surface area contributed by atoms with Crippen LogP contribution in [0.3, 0.4) is 0 Å². The molecular formula is C18H19Cl2N5O. The van der Waals surface area contributed by atoms with Crippen LogP contribution in [-0.2, 0) is 13.1 Å². The minimum Gasteiger partial charge on any atom is -0.352 e. The van der Waals surface area contributed by atoms with E-state index in [0.717, 1.165) is 5.56 Å². The largest absolute Gasteiger partial charge is 0.352 e. The lowest BCUT2D eigenvalue weighted by molar-refractivity contribution is 0.0952. The van der Waals surface area contributed by atoms with Gasteiger partial charge in [-0.05, 0) is 37.1 Å². The number of hydrogen-bond acceptors (Lipinski definition) is 3. The van der Waals surface area contributed by atoms with Crippen LogP contribution in [0.5, 0.6) is 0 Å². The minimum absolute atomic E-state index is 0.104. The summed E-state index contributed by atoms with van der Waals surface area (Å²) in [5.41, 5.74) is 2.36. The molecule has 0 aliphatic rings. The third-order valence-corrected chi connectivity index (χ3v) is 4.85. The number of carbonyl (C=O) groups excluding carboxylic acids is 1. The number of hydrogen-bond donors (Lipinski definition) is 1. The van der Waals surface area contributed by atoms with Gasteiger partial charge in [0.2, 0.25) is 0 Å². The molecule has 0 aliphatic heterocycles. The summed E-state index contributed by atoms with van der Waals surface area (Å²) in [5, 5.41) is 12.3. The normalized spacial score (nSPS) is 10.9. The smallest absolute Gasteiger partial charge is 0.251 e.